The molecule has 0 radical (unpaired) electrons. The molecule has 2 aromatic heterocycles. The second-order valence-corrected chi connectivity index (χ2v) is 5.40. The van der Waals surface area contributed by atoms with Gasteiger partial charge >= 0.3 is 0 Å². The van der Waals surface area contributed by atoms with Gasteiger partial charge in [0.2, 0.25) is 0 Å². The van der Waals surface area contributed by atoms with Crippen molar-refractivity contribution < 1.29 is 4.42 Å². The minimum absolute atomic E-state index is 0.140. The second-order valence-electron chi connectivity index (χ2n) is 4.62. The van der Waals surface area contributed by atoms with Crippen LogP contribution in [-0.2, 0) is 0 Å². The van der Waals surface area contributed by atoms with Crippen LogP contribution in [0.2, 0.25) is 0 Å². The molecular formula is C15H19BrN2O. The first-order valence-corrected chi connectivity index (χ1v) is 7.41. The standard InChI is InChI=1S/C15H19BrN2O/c1-3-9-18-15(13-7-8-14(16)19-13)11(2)12-6-4-5-10-17-12/h4-8,10-11,15,18H,3,9H2,1-2H3. The summed E-state index contributed by atoms with van der Waals surface area (Å²) in [5.74, 6) is 1.20. The lowest BCUT2D eigenvalue weighted by molar-refractivity contribution is 0.365. The normalized spacial score (nSPS) is 14.3. The van der Waals surface area contributed by atoms with Gasteiger partial charge in [0.25, 0.3) is 0 Å². The predicted molar refractivity (Wildman–Crippen MR) is 80.1 cm³/mol. The maximum Gasteiger partial charge on any atom is 0.169 e. The van der Waals surface area contributed by atoms with E-state index in [4.69, 9.17) is 4.42 Å². The average Bonchev–Trinajstić information content (AvgIpc) is 2.86. The van der Waals surface area contributed by atoms with Crippen molar-refractivity contribution in [2.75, 3.05) is 6.54 Å². The molecule has 0 aliphatic rings. The van der Waals surface area contributed by atoms with Crippen LogP contribution in [0.4, 0.5) is 0 Å². The van der Waals surface area contributed by atoms with Crippen LogP contribution >= 0.6 is 15.9 Å². The van der Waals surface area contributed by atoms with Crippen molar-refractivity contribution in [2.45, 2.75) is 32.2 Å². The monoisotopic (exact) mass is 322 g/mol. The SMILES string of the molecule is CCCNC(c1ccc(Br)o1)C(C)c1ccccn1. The summed E-state index contributed by atoms with van der Waals surface area (Å²) in [5.41, 5.74) is 1.07. The van der Waals surface area contributed by atoms with Gasteiger partial charge in [0.15, 0.2) is 4.67 Å². The van der Waals surface area contributed by atoms with Crippen molar-refractivity contribution in [3.05, 3.63) is 52.7 Å². The molecule has 102 valence electrons. The molecule has 2 aromatic rings. The Balaban J connectivity index is 2.22. The summed E-state index contributed by atoms with van der Waals surface area (Å²) in [6.45, 7) is 5.29. The summed E-state index contributed by atoms with van der Waals surface area (Å²) in [7, 11) is 0. The Morgan fingerprint density at radius 3 is 2.74 bits per heavy atom. The molecular weight excluding hydrogens is 304 g/mol. The minimum atomic E-state index is 0.140. The van der Waals surface area contributed by atoms with Crippen LogP contribution in [0.15, 0.2) is 45.6 Å². The Kier molecular flexibility index (Phi) is 5.16. The summed E-state index contributed by atoms with van der Waals surface area (Å²) in [6, 6.07) is 10.1. The molecule has 0 aromatic carbocycles. The van der Waals surface area contributed by atoms with Crippen LogP contribution in [0.1, 0.15) is 43.7 Å². The third-order valence-electron chi connectivity index (χ3n) is 3.17. The van der Waals surface area contributed by atoms with E-state index in [1.807, 2.05) is 30.5 Å². The van der Waals surface area contributed by atoms with Gasteiger partial charge in [-0.3, -0.25) is 4.98 Å². The number of nitrogens with one attached hydrogen (secondary N) is 1. The van der Waals surface area contributed by atoms with Crippen molar-refractivity contribution in [3.8, 4) is 0 Å². The Morgan fingerprint density at radius 2 is 2.16 bits per heavy atom. The largest absolute Gasteiger partial charge is 0.453 e. The van der Waals surface area contributed by atoms with Crippen LogP contribution in [0.3, 0.4) is 0 Å². The van der Waals surface area contributed by atoms with Crippen molar-refractivity contribution in [1.29, 1.82) is 0 Å². The van der Waals surface area contributed by atoms with E-state index >= 15 is 0 Å². The lowest BCUT2D eigenvalue weighted by Crippen LogP contribution is -2.26. The summed E-state index contributed by atoms with van der Waals surface area (Å²) in [5, 5.41) is 3.54. The van der Waals surface area contributed by atoms with Gasteiger partial charge in [0.1, 0.15) is 5.76 Å². The van der Waals surface area contributed by atoms with Crippen LogP contribution in [0, 0.1) is 0 Å². The van der Waals surface area contributed by atoms with E-state index in [-0.39, 0.29) is 12.0 Å². The van der Waals surface area contributed by atoms with Gasteiger partial charge < -0.3 is 9.73 Å². The van der Waals surface area contributed by atoms with Crippen molar-refractivity contribution in [3.63, 3.8) is 0 Å². The number of hydrogen-bond acceptors (Lipinski definition) is 3. The topological polar surface area (TPSA) is 38.1 Å². The molecule has 0 saturated heterocycles. The van der Waals surface area contributed by atoms with Crippen LogP contribution in [0.5, 0.6) is 0 Å². The Labute approximate surface area is 122 Å². The van der Waals surface area contributed by atoms with Gasteiger partial charge in [0, 0.05) is 17.8 Å². The number of pyridine rings is 1. The van der Waals surface area contributed by atoms with Gasteiger partial charge in [-0.15, -0.1) is 0 Å². The maximum absolute atomic E-state index is 5.71. The number of furan rings is 1. The van der Waals surface area contributed by atoms with Crippen LogP contribution in [-0.4, -0.2) is 11.5 Å². The predicted octanol–water partition coefficient (Wildman–Crippen LogP) is 4.28. The number of hydrogen-bond donors (Lipinski definition) is 1. The first kappa shape index (κ1) is 14.3. The molecule has 4 heteroatoms. The smallest absolute Gasteiger partial charge is 0.169 e. The molecule has 0 bridgehead atoms. The number of nitrogens with zero attached hydrogens (tertiary/aromatic N) is 1. The highest BCUT2D eigenvalue weighted by molar-refractivity contribution is 9.10. The molecule has 2 atom stereocenters. The molecule has 2 unspecified atom stereocenters. The van der Waals surface area contributed by atoms with E-state index < -0.39 is 0 Å². The molecule has 2 heterocycles. The molecule has 0 aliphatic carbocycles. The highest BCUT2D eigenvalue weighted by Gasteiger charge is 2.23. The number of rotatable bonds is 6. The van der Waals surface area contributed by atoms with Gasteiger partial charge in [-0.25, -0.2) is 0 Å². The second kappa shape index (κ2) is 6.87. The maximum atomic E-state index is 5.71. The third kappa shape index (κ3) is 3.67. The highest BCUT2D eigenvalue weighted by atomic mass is 79.9. The summed E-state index contributed by atoms with van der Waals surface area (Å²) in [4.78, 5) is 4.45. The molecule has 3 nitrogen and oxygen atoms in total. The molecule has 0 fully saturated rings. The minimum Gasteiger partial charge on any atom is -0.453 e. The summed E-state index contributed by atoms with van der Waals surface area (Å²) >= 11 is 3.36. The van der Waals surface area contributed by atoms with Crippen LogP contribution < -0.4 is 5.32 Å². The molecule has 0 saturated carbocycles. The van der Waals surface area contributed by atoms with E-state index in [9.17, 15) is 0 Å². The Hall–Kier alpha value is -1.13. The van der Waals surface area contributed by atoms with Gasteiger partial charge in [-0.1, -0.05) is 19.9 Å². The Morgan fingerprint density at radius 1 is 1.32 bits per heavy atom. The zero-order valence-electron chi connectivity index (χ0n) is 11.3. The molecule has 1 N–H and O–H groups in total. The van der Waals surface area contributed by atoms with E-state index in [0.717, 1.165) is 29.1 Å². The van der Waals surface area contributed by atoms with E-state index in [1.54, 1.807) is 0 Å². The van der Waals surface area contributed by atoms with E-state index in [0.29, 0.717) is 0 Å². The quantitative estimate of drug-likeness (QED) is 0.862. The van der Waals surface area contributed by atoms with Crippen molar-refractivity contribution in [1.82, 2.24) is 10.3 Å². The lowest BCUT2D eigenvalue weighted by atomic mass is 9.95. The molecule has 0 aliphatic heterocycles. The average molecular weight is 323 g/mol. The number of aromatic nitrogens is 1. The lowest BCUT2D eigenvalue weighted by Gasteiger charge is -2.23. The molecule has 2 rings (SSSR count). The number of halogens is 1. The van der Waals surface area contributed by atoms with Crippen LogP contribution in [0.25, 0.3) is 0 Å². The molecule has 19 heavy (non-hydrogen) atoms. The fraction of sp³-hybridized carbons (Fsp3) is 0.400. The van der Waals surface area contributed by atoms with Crippen molar-refractivity contribution in [2.24, 2.45) is 0 Å². The van der Waals surface area contributed by atoms with E-state index in [2.05, 4.69) is 46.1 Å². The van der Waals surface area contributed by atoms with Gasteiger partial charge in [0.05, 0.1) is 6.04 Å². The highest BCUT2D eigenvalue weighted by Crippen LogP contribution is 2.31. The first-order chi connectivity index (χ1) is 9.22. The first-order valence-electron chi connectivity index (χ1n) is 6.62. The molecule has 0 spiro atoms. The zero-order valence-corrected chi connectivity index (χ0v) is 12.9. The summed E-state index contributed by atoms with van der Waals surface area (Å²) in [6.07, 6.45) is 2.92. The van der Waals surface area contributed by atoms with Gasteiger partial charge in [-0.2, -0.15) is 0 Å². The fourth-order valence-electron chi connectivity index (χ4n) is 2.14. The van der Waals surface area contributed by atoms with E-state index in [1.165, 1.54) is 0 Å². The van der Waals surface area contributed by atoms with Gasteiger partial charge in [-0.05, 0) is 53.2 Å². The fourth-order valence-corrected chi connectivity index (χ4v) is 2.45. The molecule has 0 amide bonds. The third-order valence-corrected chi connectivity index (χ3v) is 3.60. The zero-order chi connectivity index (χ0) is 13.7. The Bertz CT molecular complexity index is 498. The van der Waals surface area contributed by atoms with Crippen molar-refractivity contribution >= 4 is 15.9 Å². The summed E-state index contributed by atoms with van der Waals surface area (Å²) < 4.78 is 6.47.